The lowest BCUT2D eigenvalue weighted by atomic mass is 9.89. The van der Waals surface area contributed by atoms with E-state index in [0.717, 1.165) is 77.3 Å². The predicted octanol–water partition coefficient (Wildman–Crippen LogP) is 12.3. The van der Waals surface area contributed by atoms with Crippen molar-refractivity contribution in [2.45, 2.75) is 51.2 Å². The molecule has 0 aliphatic carbocycles. The highest BCUT2D eigenvalue weighted by Crippen LogP contribution is 2.34. The van der Waals surface area contributed by atoms with Gasteiger partial charge in [0.25, 0.3) is 5.91 Å². The molecule has 0 unspecified atom stereocenters. The van der Waals surface area contributed by atoms with Crippen LogP contribution in [-0.2, 0) is 19.1 Å². The monoisotopic (exact) mass is 938 g/mol. The van der Waals surface area contributed by atoms with Gasteiger partial charge in [-0.05, 0) is 121 Å². The Labute approximate surface area is 385 Å². The molecule has 1 aliphatic heterocycles. The van der Waals surface area contributed by atoms with E-state index in [1.54, 1.807) is 59.1 Å². The lowest BCUT2D eigenvalue weighted by molar-refractivity contribution is -0.274. The fourth-order valence-electron chi connectivity index (χ4n) is 7.65. The van der Waals surface area contributed by atoms with Crippen molar-refractivity contribution in [1.82, 2.24) is 29.7 Å². The number of carbonyl (C=O) groups is 1. The average molecular weight is 939 g/mol. The normalized spacial score (nSPS) is 13.2. The summed E-state index contributed by atoms with van der Waals surface area (Å²) in [6, 6.07) is 34.6. The largest absolute Gasteiger partial charge is 0.573 e. The molecule has 0 radical (unpaired) electrons. The molecule has 0 atom stereocenters. The highest BCUT2D eigenvalue weighted by molar-refractivity contribution is 6.30. The summed E-state index contributed by atoms with van der Waals surface area (Å²) in [6.45, 7) is 4.04. The van der Waals surface area contributed by atoms with Gasteiger partial charge in [-0.1, -0.05) is 54.9 Å². The predicted molar refractivity (Wildman–Crippen MR) is 243 cm³/mol. The number of hydrogen-bond donors (Lipinski definition) is 2. The maximum Gasteiger partial charge on any atom is 0.573 e. The summed E-state index contributed by atoms with van der Waals surface area (Å²) in [7, 11) is 0. The standard InChI is InChI=1S/C29H28ClF3N4O2.C20H13F3N4O/c1-2-25-27(37-18-22(30)7-12-26(37)35-25)28(38)34-17-19-3-8-23(9-4-19)36-15-13-21(14-16-36)20-5-10-24(11-6-20)39-29(31,32)33;21-20(22,23)18-10-9-15(11-24-18)28-14-7-5-13(6-8-14)27-19-16-3-1-2-4-17(16)25-12-26-19/h3-12,18,21H,2,13-17H2,1H3,(H,34,38);1-12H,(H,25,26,27). The molecule has 2 N–H and O–H groups in total. The summed E-state index contributed by atoms with van der Waals surface area (Å²) in [5.74, 6) is 1.25. The van der Waals surface area contributed by atoms with Crippen molar-refractivity contribution < 1.29 is 40.6 Å². The van der Waals surface area contributed by atoms with E-state index in [9.17, 15) is 31.1 Å². The van der Waals surface area contributed by atoms with Crippen LogP contribution in [0.3, 0.4) is 0 Å². The molecule has 4 aromatic heterocycles. The lowest BCUT2D eigenvalue weighted by Crippen LogP contribution is -2.32. The van der Waals surface area contributed by atoms with Crippen LogP contribution in [0.4, 0.5) is 43.5 Å². The molecular formula is C49H41ClF6N8O3. The van der Waals surface area contributed by atoms with Gasteiger partial charge in [0.05, 0.1) is 22.4 Å². The van der Waals surface area contributed by atoms with E-state index in [4.69, 9.17) is 16.3 Å². The number of alkyl halides is 6. The topological polar surface area (TPSA) is 119 Å². The Bertz CT molecular complexity index is 2940. The SMILES string of the molecule is CCc1nc2ccc(Cl)cn2c1C(=O)NCc1ccc(N2CCC(c3ccc(OC(F)(F)F)cc3)CC2)cc1.FC(F)(F)c1ccc(Oc2ccc(Nc3ncnc4ccccc34)cc2)cn1. The fraction of sp³-hybridized carbons (Fsp3) is 0.204. The maximum atomic E-state index is 13.0. The highest BCUT2D eigenvalue weighted by Gasteiger charge is 2.32. The number of amides is 1. The van der Waals surface area contributed by atoms with E-state index in [1.807, 2.05) is 43.3 Å². The molecule has 18 heteroatoms. The summed E-state index contributed by atoms with van der Waals surface area (Å²) in [5.41, 5.74) is 5.65. The number of nitrogens with one attached hydrogen (secondary N) is 2. The second kappa shape index (κ2) is 20.0. The van der Waals surface area contributed by atoms with Crippen LogP contribution in [-0.4, -0.2) is 49.7 Å². The van der Waals surface area contributed by atoms with Gasteiger partial charge in [0, 0.05) is 42.6 Å². The van der Waals surface area contributed by atoms with Crippen molar-refractivity contribution in [3.63, 3.8) is 0 Å². The van der Waals surface area contributed by atoms with E-state index < -0.39 is 18.2 Å². The van der Waals surface area contributed by atoms with Gasteiger partial charge in [0.1, 0.15) is 46.4 Å². The first kappa shape index (κ1) is 46.1. The van der Waals surface area contributed by atoms with Gasteiger partial charge in [0.15, 0.2) is 0 Å². The summed E-state index contributed by atoms with van der Waals surface area (Å²) in [6.07, 6.45) is -2.49. The Morgan fingerprint density at radius 3 is 2.16 bits per heavy atom. The molecular weight excluding hydrogens is 898 g/mol. The van der Waals surface area contributed by atoms with Crippen LogP contribution >= 0.6 is 11.6 Å². The van der Waals surface area contributed by atoms with Gasteiger partial charge in [-0.2, -0.15) is 13.2 Å². The molecule has 1 fully saturated rings. The van der Waals surface area contributed by atoms with Crippen molar-refractivity contribution >= 4 is 51.3 Å². The van der Waals surface area contributed by atoms with Gasteiger partial charge < -0.3 is 25.0 Å². The molecule has 0 saturated carbocycles. The molecule has 67 heavy (non-hydrogen) atoms. The molecule has 8 aromatic rings. The number of imidazole rings is 1. The summed E-state index contributed by atoms with van der Waals surface area (Å²) >= 11 is 6.14. The van der Waals surface area contributed by atoms with E-state index in [-0.39, 0.29) is 23.3 Å². The van der Waals surface area contributed by atoms with Crippen LogP contribution in [0.25, 0.3) is 16.6 Å². The smallest absolute Gasteiger partial charge is 0.456 e. The number of fused-ring (bicyclic) bond motifs is 2. The molecule has 1 saturated heterocycles. The number of para-hydroxylation sites is 1. The Kier molecular flexibility index (Phi) is 13.8. The number of ether oxygens (including phenoxy) is 2. The first-order chi connectivity index (χ1) is 32.2. The third-order valence-corrected chi connectivity index (χ3v) is 11.2. The number of benzene rings is 4. The number of rotatable bonds is 11. The number of carbonyl (C=O) groups excluding carboxylic acids is 1. The van der Waals surface area contributed by atoms with Gasteiger partial charge in [-0.25, -0.2) is 19.9 Å². The minimum Gasteiger partial charge on any atom is -0.456 e. The molecule has 1 amide bonds. The number of halogens is 7. The third-order valence-electron chi connectivity index (χ3n) is 11.0. The molecule has 11 nitrogen and oxygen atoms in total. The van der Waals surface area contributed by atoms with Gasteiger partial charge in [-0.15, -0.1) is 13.2 Å². The minimum absolute atomic E-state index is 0.200. The molecule has 4 aromatic carbocycles. The molecule has 1 aliphatic rings. The molecule has 5 heterocycles. The van der Waals surface area contributed by atoms with E-state index in [1.165, 1.54) is 24.5 Å². The van der Waals surface area contributed by atoms with E-state index in [0.29, 0.717) is 40.9 Å². The third kappa shape index (κ3) is 11.7. The molecule has 9 rings (SSSR count). The number of pyridine rings is 2. The van der Waals surface area contributed by atoms with Crippen molar-refractivity contribution in [3.05, 3.63) is 173 Å². The second-order valence-electron chi connectivity index (χ2n) is 15.4. The number of hydrogen-bond acceptors (Lipinski definition) is 9. The van der Waals surface area contributed by atoms with Crippen molar-refractivity contribution in [2.75, 3.05) is 23.3 Å². The van der Waals surface area contributed by atoms with Crippen LogP contribution in [0, 0.1) is 0 Å². The number of nitrogens with zero attached hydrogens (tertiary/aromatic N) is 6. The van der Waals surface area contributed by atoms with Crippen molar-refractivity contribution in [2.24, 2.45) is 0 Å². The Balaban J connectivity index is 0.000000192. The fourth-order valence-corrected chi connectivity index (χ4v) is 7.81. The zero-order chi connectivity index (χ0) is 47.1. The number of anilines is 3. The number of aromatic nitrogens is 5. The quantitative estimate of drug-likeness (QED) is 0.122. The average Bonchev–Trinajstić information content (AvgIpc) is 3.69. The van der Waals surface area contributed by atoms with Gasteiger partial charge in [0.2, 0.25) is 0 Å². The number of piperidine rings is 1. The minimum atomic E-state index is -4.68. The highest BCUT2D eigenvalue weighted by atomic mass is 35.5. The van der Waals surface area contributed by atoms with Crippen LogP contribution in [0.2, 0.25) is 5.02 Å². The Morgan fingerprint density at radius 1 is 0.791 bits per heavy atom. The van der Waals surface area contributed by atoms with E-state index in [2.05, 4.69) is 52.3 Å². The van der Waals surface area contributed by atoms with Gasteiger partial charge in [-0.3, -0.25) is 9.20 Å². The zero-order valence-corrected chi connectivity index (χ0v) is 36.4. The van der Waals surface area contributed by atoms with Gasteiger partial charge >= 0.3 is 12.5 Å². The zero-order valence-electron chi connectivity index (χ0n) is 35.7. The Hall–Kier alpha value is -7.40. The molecule has 344 valence electrons. The molecule has 0 bridgehead atoms. The van der Waals surface area contributed by atoms with Crippen LogP contribution in [0.15, 0.2) is 140 Å². The summed E-state index contributed by atoms with van der Waals surface area (Å²) in [4.78, 5) is 31.7. The molecule has 0 spiro atoms. The number of aryl methyl sites for hydroxylation is 1. The first-order valence-corrected chi connectivity index (χ1v) is 21.5. The van der Waals surface area contributed by atoms with Crippen molar-refractivity contribution in [3.8, 4) is 17.2 Å². The first-order valence-electron chi connectivity index (χ1n) is 21.1. The Morgan fingerprint density at radius 2 is 1.49 bits per heavy atom. The maximum absolute atomic E-state index is 13.0. The van der Waals surface area contributed by atoms with Crippen LogP contribution in [0.5, 0.6) is 17.2 Å². The summed E-state index contributed by atoms with van der Waals surface area (Å²) < 4.78 is 86.1. The van der Waals surface area contributed by atoms with Crippen LogP contribution < -0.4 is 25.0 Å². The van der Waals surface area contributed by atoms with Crippen LogP contribution in [0.1, 0.15) is 58.7 Å². The van der Waals surface area contributed by atoms with Crippen molar-refractivity contribution in [1.29, 1.82) is 0 Å². The lowest BCUT2D eigenvalue weighted by Gasteiger charge is -2.34. The van der Waals surface area contributed by atoms with E-state index >= 15 is 0 Å². The summed E-state index contributed by atoms with van der Waals surface area (Å²) in [5, 5.41) is 7.64. The second-order valence-corrected chi connectivity index (χ2v) is 15.9.